The second-order valence-electron chi connectivity index (χ2n) is 11.7. The summed E-state index contributed by atoms with van der Waals surface area (Å²) in [5.74, 6) is 0. The molecule has 0 aliphatic carbocycles. The highest BCUT2D eigenvalue weighted by Gasteiger charge is 2.09. The predicted octanol–water partition coefficient (Wildman–Crippen LogP) is 12.5. The first kappa shape index (κ1) is 33.2. The van der Waals surface area contributed by atoms with Gasteiger partial charge in [0, 0.05) is 0 Å². The average Bonchev–Trinajstić information content (AvgIpc) is 2.89. The molecule has 0 aliphatic heterocycles. The summed E-state index contributed by atoms with van der Waals surface area (Å²) in [6.45, 7) is 6.93. The Hall–Kier alpha value is -0.780. The van der Waals surface area contributed by atoms with Crippen molar-refractivity contribution in [2.45, 2.75) is 194 Å². The zero-order valence-electron chi connectivity index (χ0n) is 25.2. The Morgan fingerprint density at radius 1 is 0.361 bits per heavy atom. The SMILES string of the molecule is CCCCCCCCCCc1c[c]cc(CCCCCCCCCC)c1CCCCCCCCCC. The molecule has 1 aromatic carbocycles. The van der Waals surface area contributed by atoms with Crippen LogP contribution in [-0.2, 0) is 19.3 Å². The third kappa shape index (κ3) is 18.5. The highest BCUT2D eigenvalue weighted by atomic mass is 14.1. The Labute approximate surface area is 228 Å². The zero-order valence-corrected chi connectivity index (χ0v) is 25.2. The number of hydrogen-bond acceptors (Lipinski definition) is 0. The van der Waals surface area contributed by atoms with Crippen LogP contribution in [0.1, 0.15) is 192 Å². The van der Waals surface area contributed by atoms with Gasteiger partial charge in [0.15, 0.2) is 0 Å². The average molecular weight is 498 g/mol. The van der Waals surface area contributed by atoms with Crippen LogP contribution in [0.4, 0.5) is 0 Å². The molecule has 0 aliphatic rings. The molecule has 1 rings (SSSR count). The molecule has 36 heavy (non-hydrogen) atoms. The van der Waals surface area contributed by atoms with Crippen molar-refractivity contribution >= 4 is 0 Å². The first-order chi connectivity index (χ1) is 17.8. The van der Waals surface area contributed by atoms with Gasteiger partial charge in [0.1, 0.15) is 0 Å². The second kappa shape index (κ2) is 25.9. The maximum Gasteiger partial charge on any atom is -0.0178 e. The van der Waals surface area contributed by atoms with E-state index in [0.29, 0.717) is 0 Å². The van der Waals surface area contributed by atoms with Crippen molar-refractivity contribution in [1.29, 1.82) is 0 Å². The van der Waals surface area contributed by atoms with E-state index in [1.165, 1.54) is 173 Å². The maximum absolute atomic E-state index is 3.55. The summed E-state index contributed by atoms with van der Waals surface area (Å²) in [7, 11) is 0. The molecule has 0 unspecified atom stereocenters. The molecule has 1 aromatic rings. The minimum absolute atomic E-state index is 1.28. The molecule has 0 fully saturated rings. The van der Waals surface area contributed by atoms with Crippen molar-refractivity contribution in [3.63, 3.8) is 0 Å². The largest absolute Gasteiger partial charge is 0.0654 e. The molecule has 1 radical (unpaired) electrons. The van der Waals surface area contributed by atoms with Crippen LogP contribution >= 0.6 is 0 Å². The lowest BCUT2D eigenvalue weighted by molar-refractivity contribution is 0.567. The van der Waals surface area contributed by atoms with E-state index in [-0.39, 0.29) is 0 Å². The van der Waals surface area contributed by atoms with Crippen LogP contribution in [0.15, 0.2) is 12.1 Å². The summed E-state index contributed by atoms with van der Waals surface area (Å²) in [5.41, 5.74) is 5.01. The monoisotopic (exact) mass is 498 g/mol. The van der Waals surface area contributed by atoms with Crippen molar-refractivity contribution < 1.29 is 0 Å². The van der Waals surface area contributed by atoms with Crippen molar-refractivity contribution in [1.82, 2.24) is 0 Å². The third-order valence-corrected chi connectivity index (χ3v) is 8.17. The minimum Gasteiger partial charge on any atom is -0.0654 e. The van der Waals surface area contributed by atoms with Crippen LogP contribution in [0, 0.1) is 6.07 Å². The lowest BCUT2D eigenvalue weighted by atomic mass is 9.90. The first-order valence-corrected chi connectivity index (χ1v) is 16.8. The molecule has 0 bridgehead atoms. The fourth-order valence-electron chi connectivity index (χ4n) is 5.72. The molecule has 0 amide bonds. The van der Waals surface area contributed by atoms with Gasteiger partial charge in [-0.05, 0) is 61.3 Å². The molecule has 0 saturated carbocycles. The summed E-state index contributed by atoms with van der Waals surface area (Å²) in [5, 5.41) is 0. The van der Waals surface area contributed by atoms with Gasteiger partial charge in [0.2, 0.25) is 0 Å². The van der Waals surface area contributed by atoms with E-state index in [1.54, 1.807) is 16.7 Å². The quantitative estimate of drug-likeness (QED) is 0.106. The van der Waals surface area contributed by atoms with Crippen LogP contribution < -0.4 is 0 Å². The molecule has 0 heteroatoms. The summed E-state index contributed by atoms with van der Waals surface area (Å²) < 4.78 is 0. The molecule has 0 aromatic heterocycles. The second-order valence-corrected chi connectivity index (χ2v) is 11.7. The van der Waals surface area contributed by atoms with Gasteiger partial charge in [-0.2, -0.15) is 0 Å². The normalized spacial score (nSPS) is 11.4. The van der Waals surface area contributed by atoms with Gasteiger partial charge in [-0.1, -0.05) is 168 Å². The van der Waals surface area contributed by atoms with Gasteiger partial charge < -0.3 is 0 Å². The van der Waals surface area contributed by atoms with Gasteiger partial charge in [-0.25, -0.2) is 0 Å². The van der Waals surface area contributed by atoms with E-state index in [4.69, 9.17) is 0 Å². The van der Waals surface area contributed by atoms with E-state index in [1.807, 2.05) is 0 Å². The van der Waals surface area contributed by atoms with E-state index in [0.717, 1.165) is 0 Å². The van der Waals surface area contributed by atoms with Crippen LogP contribution in [0.2, 0.25) is 0 Å². The van der Waals surface area contributed by atoms with Crippen molar-refractivity contribution in [2.24, 2.45) is 0 Å². The number of hydrogen-bond donors (Lipinski definition) is 0. The summed E-state index contributed by atoms with van der Waals surface area (Å²) in [6, 6.07) is 8.24. The third-order valence-electron chi connectivity index (χ3n) is 8.17. The van der Waals surface area contributed by atoms with Crippen molar-refractivity contribution in [2.75, 3.05) is 0 Å². The van der Waals surface area contributed by atoms with Crippen LogP contribution in [0.3, 0.4) is 0 Å². The number of aryl methyl sites for hydroxylation is 2. The highest BCUT2D eigenvalue weighted by Crippen LogP contribution is 2.23. The summed E-state index contributed by atoms with van der Waals surface area (Å²) >= 11 is 0. The smallest absolute Gasteiger partial charge is 0.0178 e. The molecule has 0 N–H and O–H groups in total. The van der Waals surface area contributed by atoms with Crippen molar-refractivity contribution in [3.8, 4) is 0 Å². The maximum atomic E-state index is 3.55. The van der Waals surface area contributed by atoms with Gasteiger partial charge >= 0.3 is 0 Å². The fraction of sp³-hybridized carbons (Fsp3) is 0.833. The van der Waals surface area contributed by atoms with Crippen LogP contribution in [0.5, 0.6) is 0 Å². The van der Waals surface area contributed by atoms with Crippen LogP contribution in [0.25, 0.3) is 0 Å². The predicted molar refractivity (Wildman–Crippen MR) is 164 cm³/mol. The molecule has 0 spiro atoms. The Balaban J connectivity index is 2.47. The molecule has 0 heterocycles. The summed E-state index contributed by atoms with van der Waals surface area (Å²) in [6.07, 6.45) is 37.8. The molecule has 0 atom stereocenters. The van der Waals surface area contributed by atoms with Gasteiger partial charge in [-0.15, -0.1) is 0 Å². The molecule has 0 nitrogen and oxygen atoms in total. The van der Waals surface area contributed by atoms with Crippen molar-refractivity contribution in [3.05, 3.63) is 34.9 Å². The van der Waals surface area contributed by atoms with E-state index >= 15 is 0 Å². The lowest BCUT2D eigenvalue weighted by Crippen LogP contribution is -2.02. The first-order valence-electron chi connectivity index (χ1n) is 16.8. The molecular weight excluding hydrogens is 432 g/mol. The molecule has 209 valence electrons. The minimum atomic E-state index is 1.28. The highest BCUT2D eigenvalue weighted by molar-refractivity contribution is 5.35. The Bertz CT molecular complexity index is 533. The lowest BCUT2D eigenvalue weighted by Gasteiger charge is -2.15. The standard InChI is InChI=1S/C36H65/c1-4-7-10-13-16-19-22-25-29-34-31-28-32-35(30-26-23-20-17-14-11-8-5-2)36(34)33-27-24-21-18-15-12-9-6-3/h31-32H,4-27,29-30,33H2,1-3H3. The molecule has 0 saturated heterocycles. The number of unbranched alkanes of at least 4 members (excludes halogenated alkanes) is 21. The van der Waals surface area contributed by atoms with Gasteiger partial charge in [0.25, 0.3) is 0 Å². The van der Waals surface area contributed by atoms with Gasteiger partial charge in [-0.3, -0.25) is 0 Å². The fourth-order valence-corrected chi connectivity index (χ4v) is 5.72. The number of rotatable bonds is 27. The van der Waals surface area contributed by atoms with Gasteiger partial charge in [0.05, 0.1) is 0 Å². The Morgan fingerprint density at radius 3 is 0.972 bits per heavy atom. The number of benzene rings is 1. The van der Waals surface area contributed by atoms with E-state index < -0.39 is 0 Å². The Morgan fingerprint density at radius 2 is 0.639 bits per heavy atom. The Kier molecular flexibility index (Phi) is 23.9. The summed E-state index contributed by atoms with van der Waals surface area (Å²) in [4.78, 5) is 0. The van der Waals surface area contributed by atoms with Crippen LogP contribution in [-0.4, -0.2) is 0 Å². The van der Waals surface area contributed by atoms with E-state index in [9.17, 15) is 0 Å². The zero-order chi connectivity index (χ0) is 25.9. The topological polar surface area (TPSA) is 0 Å². The van der Waals surface area contributed by atoms with E-state index in [2.05, 4.69) is 39.0 Å². The molecular formula is C36H65.